The van der Waals surface area contributed by atoms with Crippen LogP contribution in [0, 0.1) is 13.3 Å². The van der Waals surface area contributed by atoms with Crippen molar-refractivity contribution in [3.8, 4) is 0 Å². The zero-order valence-electron chi connectivity index (χ0n) is 9.66. The second-order valence-electron chi connectivity index (χ2n) is 3.71. The average molecular weight is 370 g/mol. The smallest absolute Gasteiger partial charge is 0.411 e. The molecule has 0 radical (unpaired) electrons. The van der Waals surface area contributed by atoms with Gasteiger partial charge in [-0.05, 0) is 27.7 Å². The summed E-state index contributed by atoms with van der Waals surface area (Å²) in [5, 5.41) is 0. The van der Waals surface area contributed by atoms with Crippen molar-refractivity contribution in [1.29, 1.82) is 0 Å². The van der Waals surface area contributed by atoms with E-state index in [1.54, 1.807) is 0 Å². The molecule has 0 fully saturated rings. The average Bonchev–Trinajstić information content (AvgIpc) is 1.96. The maximum Gasteiger partial charge on any atom is 2.00 e. The molecule has 2 nitrogen and oxygen atoms in total. The van der Waals surface area contributed by atoms with Crippen LogP contribution in [0.25, 0.3) is 0 Å². The van der Waals surface area contributed by atoms with Crippen molar-refractivity contribution >= 4 is 0 Å². The SMILES string of the molecule is [CH2-]C(C[CH-]COC(C)C)OC(C)C.[W+2]. The third-order valence-corrected chi connectivity index (χ3v) is 1.44. The van der Waals surface area contributed by atoms with Gasteiger partial charge in [0, 0.05) is 12.2 Å². The van der Waals surface area contributed by atoms with Gasteiger partial charge in [0.2, 0.25) is 0 Å². The van der Waals surface area contributed by atoms with Gasteiger partial charge in [-0.15, -0.1) is 0 Å². The van der Waals surface area contributed by atoms with Crippen molar-refractivity contribution in [1.82, 2.24) is 0 Å². The van der Waals surface area contributed by atoms with Crippen LogP contribution in [0.1, 0.15) is 34.1 Å². The fourth-order valence-electron chi connectivity index (χ4n) is 0.955. The Kier molecular flexibility index (Phi) is 12.3. The van der Waals surface area contributed by atoms with Crippen LogP contribution in [-0.2, 0) is 30.5 Å². The molecule has 0 spiro atoms. The molecular weight excluding hydrogens is 348 g/mol. The van der Waals surface area contributed by atoms with Crippen LogP contribution in [0.3, 0.4) is 0 Å². The first kappa shape index (κ1) is 17.0. The predicted molar refractivity (Wildman–Crippen MR) is 55.4 cm³/mol. The Bertz CT molecular complexity index is 116. The van der Waals surface area contributed by atoms with Gasteiger partial charge in [0.25, 0.3) is 0 Å². The molecule has 0 amide bonds. The van der Waals surface area contributed by atoms with Crippen molar-refractivity contribution in [2.45, 2.75) is 52.4 Å². The van der Waals surface area contributed by atoms with Gasteiger partial charge in [-0.1, -0.05) is 12.7 Å². The van der Waals surface area contributed by atoms with E-state index in [-0.39, 0.29) is 33.3 Å². The molecule has 3 heteroatoms. The summed E-state index contributed by atoms with van der Waals surface area (Å²) >= 11 is 0. The molecule has 84 valence electrons. The van der Waals surface area contributed by atoms with Gasteiger partial charge < -0.3 is 22.8 Å². The van der Waals surface area contributed by atoms with Crippen molar-refractivity contribution in [2.24, 2.45) is 0 Å². The molecular formula is C11H22O2W. The van der Waals surface area contributed by atoms with Crippen molar-refractivity contribution < 1.29 is 30.5 Å². The summed E-state index contributed by atoms with van der Waals surface area (Å²) in [6, 6.07) is 0. The van der Waals surface area contributed by atoms with Gasteiger partial charge in [0.05, 0.1) is 0 Å². The van der Waals surface area contributed by atoms with Crippen LogP contribution in [0.15, 0.2) is 0 Å². The van der Waals surface area contributed by atoms with Crippen molar-refractivity contribution in [3.05, 3.63) is 13.3 Å². The Balaban J connectivity index is 0. The van der Waals surface area contributed by atoms with E-state index in [9.17, 15) is 0 Å². The zero-order valence-corrected chi connectivity index (χ0v) is 12.6. The van der Waals surface area contributed by atoms with Gasteiger partial charge in [0.1, 0.15) is 0 Å². The Labute approximate surface area is 103 Å². The molecule has 0 rings (SSSR count). The van der Waals surface area contributed by atoms with Gasteiger partial charge in [0.15, 0.2) is 0 Å². The van der Waals surface area contributed by atoms with E-state index in [1.165, 1.54) is 0 Å². The minimum atomic E-state index is 0. The summed E-state index contributed by atoms with van der Waals surface area (Å²) in [4.78, 5) is 0. The third-order valence-electron chi connectivity index (χ3n) is 1.44. The van der Waals surface area contributed by atoms with Gasteiger partial charge in [-0.25, -0.2) is 0 Å². The van der Waals surface area contributed by atoms with E-state index in [0.29, 0.717) is 12.7 Å². The molecule has 14 heavy (non-hydrogen) atoms. The van der Waals surface area contributed by atoms with E-state index in [4.69, 9.17) is 9.47 Å². The molecule has 0 aromatic heterocycles. The molecule has 0 saturated heterocycles. The Morgan fingerprint density at radius 1 is 1.14 bits per heavy atom. The molecule has 0 N–H and O–H groups in total. The third kappa shape index (κ3) is 12.6. The Morgan fingerprint density at radius 3 is 2.14 bits per heavy atom. The van der Waals surface area contributed by atoms with Crippen LogP contribution in [0.4, 0.5) is 0 Å². The summed E-state index contributed by atoms with van der Waals surface area (Å²) in [5.74, 6) is 0. The summed E-state index contributed by atoms with van der Waals surface area (Å²) in [7, 11) is 0. The molecule has 0 aromatic rings. The monoisotopic (exact) mass is 370 g/mol. The van der Waals surface area contributed by atoms with E-state index >= 15 is 0 Å². The fraction of sp³-hybridized carbons (Fsp3) is 0.818. The number of ether oxygens (including phenoxy) is 2. The summed E-state index contributed by atoms with van der Waals surface area (Å²) < 4.78 is 10.8. The van der Waals surface area contributed by atoms with E-state index < -0.39 is 0 Å². The molecule has 0 aromatic carbocycles. The number of hydrogen-bond donors (Lipinski definition) is 0. The van der Waals surface area contributed by atoms with Crippen molar-refractivity contribution in [2.75, 3.05) is 6.61 Å². The van der Waals surface area contributed by atoms with Crippen LogP contribution in [0.5, 0.6) is 0 Å². The molecule has 0 aliphatic heterocycles. The molecule has 0 bridgehead atoms. The zero-order chi connectivity index (χ0) is 10.3. The van der Waals surface area contributed by atoms with Crippen LogP contribution in [0.2, 0.25) is 0 Å². The molecule has 0 aliphatic rings. The molecule has 0 saturated carbocycles. The fourth-order valence-corrected chi connectivity index (χ4v) is 0.955. The molecule has 1 atom stereocenters. The first-order chi connectivity index (χ1) is 6.02. The maximum absolute atomic E-state index is 5.46. The Morgan fingerprint density at radius 2 is 1.71 bits per heavy atom. The van der Waals surface area contributed by atoms with Gasteiger partial charge >= 0.3 is 21.1 Å². The van der Waals surface area contributed by atoms with E-state index in [0.717, 1.165) is 6.42 Å². The minimum absolute atomic E-state index is 0. The Hall–Kier alpha value is 0.608. The summed E-state index contributed by atoms with van der Waals surface area (Å²) in [6.45, 7) is 12.7. The normalized spacial score (nSPS) is 13.1. The molecule has 1 unspecified atom stereocenters. The number of rotatable bonds is 7. The molecule has 0 heterocycles. The van der Waals surface area contributed by atoms with Crippen LogP contribution < -0.4 is 0 Å². The van der Waals surface area contributed by atoms with E-state index in [2.05, 4.69) is 13.3 Å². The van der Waals surface area contributed by atoms with Gasteiger partial charge in [-0.2, -0.15) is 6.42 Å². The number of hydrogen-bond acceptors (Lipinski definition) is 2. The van der Waals surface area contributed by atoms with Crippen LogP contribution in [-0.4, -0.2) is 24.9 Å². The van der Waals surface area contributed by atoms with Crippen LogP contribution >= 0.6 is 0 Å². The summed E-state index contributed by atoms with van der Waals surface area (Å²) in [6.07, 6.45) is 3.52. The second kappa shape index (κ2) is 10.1. The standard InChI is InChI=1S/C11H22O2.W/c1-9(2)12-8-6-7-11(5)13-10(3)4;/h6,9-11H,5,7-8H2,1-4H3;/q-2;+2. The maximum atomic E-state index is 5.46. The first-order valence-corrected chi connectivity index (χ1v) is 4.94. The second-order valence-corrected chi connectivity index (χ2v) is 3.71. The van der Waals surface area contributed by atoms with Crippen molar-refractivity contribution in [3.63, 3.8) is 0 Å². The largest absolute Gasteiger partial charge is 2.00 e. The molecule has 0 aliphatic carbocycles. The first-order valence-electron chi connectivity index (χ1n) is 4.94. The van der Waals surface area contributed by atoms with Gasteiger partial charge in [-0.3, -0.25) is 0 Å². The minimum Gasteiger partial charge on any atom is -0.411 e. The topological polar surface area (TPSA) is 18.5 Å². The predicted octanol–water partition coefficient (Wildman–Crippen LogP) is 2.63. The van der Waals surface area contributed by atoms with E-state index in [1.807, 2.05) is 27.7 Å². The summed E-state index contributed by atoms with van der Waals surface area (Å²) in [5.41, 5.74) is 0. The quantitative estimate of drug-likeness (QED) is 0.507.